The van der Waals surface area contributed by atoms with Gasteiger partial charge in [0.15, 0.2) is 5.82 Å². The minimum Gasteiger partial charge on any atom is -0.339 e. The molecule has 1 aromatic rings. The van der Waals surface area contributed by atoms with Gasteiger partial charge in [0.25, 0.3) is 0 Å². The van der Waals surface area contributed by atoms with Crippen LogP contribution in [0.5, 0.6) is 0 Å². The van der Waals surface area contributed by atoms with E-state index in [4.69, 9.17) is 10.3 Å². The van der Waals surface area contributed by atoms with Gasteiger partial charge in [-0.05, 0) is 6.42 Å². The largest absolute Gasteiger partial charge is 0.396 e. The zero-order valence-corrected chi connectivity index (χ0v) is 8.92. The Morgan fingerprint density at radius 1 is 1.44 bits per heavy atom. The van der Waals surface area contributed by atoms with E-state index in [-0.39, 0.29) is 17.6 Å². The van der Waals surface area contributed by atoms with Crippen LogP contribution in [0.3, 0.4) is 0 Å². The molecule has 0 aliphatic heterocycles. The summed E-state index contributed by atoms with van der Waals surface area (Å²) in [6, 6.07) is 0. The molecule has 4 nitrogen and oxygen atoms in total. The molecule has 0 fully saturated rings. The smallest absolute Gasteiger partial charge is 0.339 e. The standard InChI is InChI=1S/C9H14F3N3O/c1-2-3-6(5-13)8-14-7(15-16-8)4-9(10,11)12/h6H,2-5,13H2,1H3. The number of nitrogens with zero attached hydrogens (tertiary/aromatic N) is 2. The Morgan fingerprint density at radius 2 is 2.12 bits per heavy atom. The number of aromatic nitrogens is 2. The predicted molar refractivity (Wildman–Crippen MR) is 50.8 cm³/mol. The van der Waals surface area contributed by atoms with E-state index in [9.17, 15) is 13.2 Å². The summed E-state index contributed by atoms with van der Waals surface area (Å²) in [7, 11) is 0. The molecule has 0 bridgehead atoms. The summed E-state index contributed by atoms with van der Waals surface area (Å²) in [5.74, 6) is -0.292. The summed E-state index contributed by atoms with van der Waals surface area (Å²) in [4.78, 5) is 3.71. The molecule has 0 aliphatic carbocycles. The topological polar surface area (TPSA) is 64.9 Å². The number of alkyl halides is 3. The van der Waals surface area contributed by atoms with E-state index in [0.717, 1.165) is 12.8 Å². The second kappa shape index (κ2) is 5.29. The predicted octanol–water partition coefficient (Wildman–Crippen LogP) is 2.02. The van der Waals surface area contributed by atoms with Gasteiger partial charge < -0.3 is 10.3 Å². The Balaban J connectivity index is 2.69. The fourth-order valence-electron chi connectivity index (χ4n) is 1.37. The van der Waals surface area contributed by atoms with Gasteiger partial charge in [0.2, 0.25) is 5.89 Å². The molecule has 1 rings (SSSR count). The third-order valence-corrected chi connectivity index (χ3v) is 2.11. The lowest BCUT2D eigenvalue weighted by Gasteiger charge is -2.06. The van der Waals surface area contributed by atoms with Crippen molar-refractivity contribution in [3.05, 3.63) is 11.7 Å². The maximum atomic E-state index is 12.0. The zero-order valence-electron chi connectivity index (χ0n) is 8.92. The van der Waals surface area contributed by atoms with Crippen LogP contribution in [0.25, 0.3) is 0 Å². The zero-order chi connectivity index (χ0) is 12.2. The van der Waals surface area contributed by atoms with Crippen LogP contribution in [0, 0.1) is 0 Å². The lowest BCUT2D eigenvalue weighted by molar-refractivity contribution is -0.128. The molecule has 1 heterocycles. The van der Waals surface area contributed by atoms with Crippen LogP contribution in [0.1, 0.15) is 37.4 Å². The van der Waals surface area contributed by atoms with Crippen molar-refractivity contribution in [3.8, 4) is 0 Å². The molecule has 0 aromatic carbocycles. The normalized spacial score (nSPS) is 14.1. The summed E-state index contributed by atoms with van der Waals surface area (Å²) in [6.07, 6.45) is -3.90. The molecular formula is C9H14F3N3O. The highest BCUT2D eigenvalue weighted by atomic mass is 19.4. The molecule has 0 radical (unpaired) electrons. The number of hydrogen-bond donors (Lipinski definition) is 1. The summed E-state index contributed by atoms with van der Waals surface area (Å²) in [6.45, 7) is 2.25. The van der Waals surface area contributed by atoms with Crippen LogP contribution < -0.4 is 5.73 Å². The van der Waals surface area contributed by atoms with E-state index in [1.165, 1.54) is 0 Å². The van der Waals surface area contributed by atoms with Gasteiger partial charge in [0.1, 0.15) is 6.42 Å². The van der Waals surface area contributed by atoms with Crippen molar-refractivity contribution < 1.29 is 17.7 Å². The van der Waals surface area contributed by atoms with E-state index in [0.29, 0.717) is 6.54 Å². The van der Waals surface area contributed by atoms with Crippen molar-refractivity contribution in [1.82, 2.24) is 10.1 Å². The van der Waals surface area contributed by atoms with Gasteiger partial charge >= 0.3 is 6.18 Å². The van der Waals surface area contributed by atoms with Gasteiger partial charge in [0.05, 0.1) is 5.92 Å². The summed E-state index contributed by atoms with van der Waals surface area (Å²) >= 11 is 0. The first-order valence-corrected chi connectivity index (χ1v) is 5.05. The average molecular weight is 237 g/mol. The number of rotatable bonds is 5. The van der Waals surface area contributed by atoms with E-state index < -0.39 is 12.6 Å². The fourth-order valence-corrected chi connectivity index (χ4v) is 1.37. The Bertz CT molecular complexity index is 324. The molecule has 0 amide bonds. The molecule has 16 heavy (non-hydrogen) atoms. The molecular weight excluding hydrogens is 223 g/mol. The highest BCUT2D eigenvalue weighted by Crippen LogP contribution is 2.22. The monoisotopic (exact) mass is 237 g/mol. The quantitative estimate of drug-likeness (QED) is 0.850. The molecule has 1 atom stereocenters. The highest BCUT2D eigenvalue weighted by molar-refractivity contribution is 4.95. The maximum Gasteiger partial charge on any atom is 0.396 e. The summed E-state index contributed by atoms with van der Waals surface area (Å²) < 4.78 is 40.9. The van der Waals surface area contributed by atoms with Crippen molar-refractivity contribution in [2.75, 3.05) is 6.54 Å². The highest BCUT2D eigenvalue weighted by Gasteiger charge is 2.31. The van der Waals surface area contributed by atoms with E-state index in [1.54, 1.807) is 0 Å². The molecule has 0 saturated heterocycles. The molecule has 1 aromatic heterocycles. The van der Waals surface area contributed by atoms with Crippen molar-refractivity contribution in [3.63, 3.8) is 0 Å². The van der Waals surface area contributed by atoms with Crippen molar-refractivity contribution in [1.29, 1.82) is 0 Å². The lowest BCUT2D eigenvalue weighted by Crippen LogP contribution is -2.14. The van der Waals surface area contributed by atoms with Gasteiger partial charge in [0, 0.05) is 6.54 Å². The number of halogens is 3. The second-order valence-electron chi connectivity index (χ2n) is 3.56. The average Bonchev–Trinajstić information content (AvgIpc) is 2.59. The molecule has 92 valence electrons. The maximum absolute atomic E-state index is 12.0. The van der Waals surface area contributed by atoms with Crippen molar-refractivity contribution in [2.24, 2.45) is 5.73 Å². The lowest BCUT2D eigenvalue weighted by atomic mass is 10.0. The molecule has 7 heteroatoms. The Labute approximate surface area is 91.0 Å². The fraction of sp³-hybridized carbons (Fsp3) is 0.778. The third-order valence-electron chi connectivity index (χ3n) is 2.11. The minimum atomic E-state index is -4.32. The van der Waals surface area contributed by atoms with E-state index in [2.05, 4.69) is 10.1 Å². The number of hydrogen-bond acceptors (Lipinski definition) is 4. The van der Waals surface area contributed by atoms with Gasteiger partial charge in [-0.3, -0.25) is 0 Å². The third kappa shape index (κ3) is 3.80. The van der Waals surface area contributed by atoms with Crippen LogP contribution in [0.4, 0.5) is 13.2 Å². The first-order chi connectivity index (χ1) is 7.46. The SMILES string of the molecule is CCCC(CN)c1nc(CC(F)(F)F)no1. The van der Waals surface area contributed by atoms with Gasteiger partial charge in [-0.2, -0.15) is 18.2 Å². The number of nitrogens with two attached hydrogens (primary N) is 1. The molecule has 0 aliphatic rings. The summed E-state index contributed by atoms with van der Waals surface area (Å²) in [5, 5.41) is 3.29. The Morgan fingerprint density at radius 3 is 2.62 bits per heavy atom. The molecule has 1 unspecified atom stereocenters. The van der Waals surface area contributed by atoms with Gasteiger partial charge in [-0.1, -0.05) is 18.5 Å². The summed E-state index contributed by atoms with van der Waals surface area (Å²) in [5.41, 5.74) is 5.48. The van der Waals surface area contributed by atoms with Crippen LogP contribution >= 0.6 is 0 Å². The van der Waals surface area contributed by atoms with Crippen LogP contribution in [-0.4, -0.2) is 22.9 Å². The van der Waals surface area contributed by atoms with Gasteiger partial charge in [-0.25, -0.2) is 0 Å². The van der Waals surface area contributed by atoms with E-state index in [1.807, 2.05) is 6.92 Å². The molecule has 0 spiro atoms. The molecule has 0 saturated carbocycles. The Kier molecular flexibility index (Phi) is 4.28. The van der Waals surface area contributed by atoms with Crippen molar-refractivity contribution >= 4 is 0 Å². The minimum absolute atomic E-state index is 0.153. The van der Waals surface area contributed by atoms with Crippen LogP contribution in [-0.2, 0) is 6.42 Å². The van der Waals surface area contributed by atoms with Gasteiger partial charge in [-0.15, -0.1) is 0 Å². The first kappa shape index (κ1) is 13.0. The Hall–Kier alpha value is -1.11. The van der Waals surface area contributed by atoms with Crippen molar-refractivity contribution in [2.45, 2.75) is 38.3 Å². The van der Waals surface area contributed by atoms with Crippen LogP contribution in [0.15, 0.2) is 4.52 Å². The first-order valence-electron chi connectivity index (χ1n) is 5.05. The van der Waals surface area contributed by atoms with E-state index >= 15 is 0 Å². The van der Waals surface area contributed by atoms with Crippen LogP contribution in [0.2, 0.25) is 0 Å². The molecule has 2 N–H and O–H groups in total. The second-order valence-corrected chi connectivity index (χ2v) is 3.56.